The van der Waals surface area contributed by atoms with Crippen LogP contribution in [0.15, 0.2) is 197 Å². The van der Waals surface area contributed by atoms with Crippen LogP contribution >= 0.6 is 0 Å². The van der Waals surface area contributed by atoms with E-state index in [4.69, 9.17) is 19.7 Å². The molecule has 0 spiro atoms. The number of pyridine rings is 1. The first-order valence-corrected chi connectivity index (χ1v) is 18.6. The second kappa shape index (κ2) is 12.7. The molecule has 10 aromatic rings. The topological polar surface area (TPSA) is 52.5 Å². The maximum atomic E-state index is 6.61. The van der Waals surface area contributed by atoms with Gasteiger partial charge in [0.15, 0.2) is 0 Å². The van der Waals surface area contributed by atoms with Gasteiger partial charge in [-0.3, -0.25) is 4.99 Å². The van der Waals surface area contributed by atoms with Crippen LogP contribution in [0, 0.1) is 0 Å². The van der Waals surface area contributed by atoms with Crippen LogP contribution in [-0.2, 0) is 0 Å². The predicted molar refractivity (Wildman–Crippen MR) is 225 cm³/mol. The zero-order valence-corrected chi connectivity index (χ0v) is 29.7. The van der Waals surface area contributed by atoms with Gasteiger partial charge in [0, 0.05) is 44.2 Å². The molecule has 0 saturated heterocycles. The highest BCUT2D eigenvalue weighted by Crippen LogP contribution is 2.46. The predicted octanol–water partition coefficient (Wildman–Crippen LogP) is 12.2. The van der Waals surface area contributed by atoms with Crippen molar-refractivity contribution in [2.45, 2.75) is 6.17 Å². The van der Waals surface area contributed by atoms with Crippen molar-refractivity contribution in [2.24, 2.45) is 4.99 Å². The second-order valence-electron chi connectivity index (χ2n) is 14.1. The van der Waals surface area contributed by atoms with Gasteiger partial charge in [-0.15, -0.1) is 5.70 Å². The maximum absolute atomic E-state index is 6.61. The molecular formula is C51H32N3O-. The first-order chi connectivity index (χ1) is 27.3. The van der Waals surface area contributed by atoms with E-state index in [9.17, 15) is 0 Å². The Balaban J connectivity index is 1.11. The molecular weight excluding hydrogens is 671 g/mol. The van der Waals surface area contributed by atoms with Gasteiger partial charge in [0.05, 0.1) is 16.6 Å². The lowest BCUT2D eigenvalue weighted by Gasteiger charge is -2.36. The number of aromatic nitrogens is 1. The van der Waals surface area contributed by atoms with Gasteiger partial charge < -0.3 is 9.73 Å². The summed E-state index contributed by atoms with van der Waals surface area (Å²) in [5, 5.41) is 12.8. The Morgan fingerprint density at radius 3 is 1.95 bits per heavy atom. The van der Waals surface area contributed by atoms with Crippen molar-refractivity contribution in [1.29, 1.82) is 0 Å². The SMILES string of the molecule is c1ccc(-c2ccc(C3N=c4ccccc4=C(c4cccc(-c5nc6ccccc6c6c(-c7ccccc7)c7c(cc56)oc5ccccc57)c4)[N-]3)cc2)cc1. The minimum Gasteiger partial charge on any atom is -0.659 e. The third kappa shape index (κ3) is 5.22. The number of para-hydroxylation sites is 3. The average molecular weight is 703 g/mol. The van der Waals surface area contributed by atoms with Crippen LogP contribution in [-0.4, -0.2) is 4.98 Å². The van der Waals surface area contributed by atoms with Gasteiger partial charge in [-0.05, 0) is 63.4 Å². The highest BCUT2D eigenvalue weighted by atomic mass is 16.3. The summed E-state index contributed by atoms with van der Waals surface area (Å²) in [5.41, 5.74) is 12.2. The van der Waals surface area contributed by atoms with Crippen molar-refractivity contribution in [1.82, 2.24) is 4.98 Å². The van der Waals surface area contributed by atoms with E-state index >= 15 is 0 Å². The first-order valence-electron chi connectivity index (χ1n) is 18.6. The molecule has 0 fully saturated rings. The van der Waals surface area contributed by atoms with E-state index in [1.807, 2.05) is 18.2 Å². The molecule has 8 aromatic carbocycles. The van der Waals surface area contributed by atoms with E-state index in [0.717, 1.165) is 93.4 Å². The number of hydrogen-bond donors (Lipinski definition) is 0. The third-order valence-corrected chi connectivity index (χ3v) is 10.8. The van der Waals surface area contributed by atoms with Gasteiger partial charge in [0.1, 0.15) is 11.2 Å². The lowest BCUT2D eigenvalue weighted by atomic mass is 9.89. The molecule has 11 rings (SSSR count). The lowest BCUT2D eigenvalue weighted by molar-refractivity contribution is 0.669. The number of nitrogens with zero attached hydrogens (tertiary/aromatic N) is 3. The number of rotatable bonds is 5. The lowest BCUT2D eigenvalue weighted by Crippen LogP contribution is -2.31. The van der Waals surface area contributed by atoms with Crippen LogP contribution in [0.3, 0.4) is 0 Å². The largest absolute Gasteiger partial charge is 0.659 e. The van der Waals surface area contributed by atoms with Crippen LogP contribution in [0.25, 0.3) is 88.1 Å². The van der Waals surface area contributed by atoms with Crippen LogP contribution < -0.4 is 10.6 Å². The average Bonchev–Trinajstić information content (AvgIpc) is 3.64. The summed E-state index contributed by atoms with van der Waals surface area (Å²) in [6.45, 7) is 0. The molecule has 0 radical (unpaired) electrons. The van der Waals surface area contributed by atoms with E-state index in [-0.39, 0.29) is 6.17 Å². The summed E-state index contributed by atoms with van der Waals surface area (Å²) in [6.07, 6.45) is -0.368. The van der Waals surface area contributed by atoms with Crippen molar-refractivity contribution in [3.8, 4) is 33.5 Å². The fourth-order valence-electron chi connectivity index (χ4n) is 8.24. The zero-order valence-electron chi connectivity index (χ0n) is 29.7. The molecule has 0 N–H and O–H groups in total. The molecule has 2 aromatic heterocycles. The molecule has 0 amide bonds. The maximum Gasteiger partial charge on any atom is 0.136 e. The molecule has 3 heterocycles. The van der Waals surface area contributed by atoms with Gasteiger partial charge in [-0.2, -0.15) is 0 Å². The van der Waals surface area contributed by atoms with E-state index in [2.05, 4.69) is 170 Å². The molecule has 4 nitrogen and oxygen atoms in total. The first kappa shape index (κ1) is 31.2. The fraction of sp³-hybridized carbons (Fsp3) is 0.0196. The van der Waals surface area contributed by atoms with Crippen molar-refractivity contribution < 1.29 is 4.42 Å². The number of furan rings is 1. The summed E-state index contributed by atoms with van der Waals surface area (Å²) >= 11 is 0. The zero-order chi connectivity index (χ0) is 36.3. The number of hydrogen-bond acceptors (Lipinski definition) is 3. The molecule has 0 aliphatic carbocycles. The van der Waals surface area contributed by atoms with Crippen LogP contribution in [0.2, 0.25) is 0 Å². The summed E-state index contributed by atoms with van der Waals surface area (Å²) < 4.78 is 6.61. The Labute approximate surface area is 317 Å². The molecule has 258 valence electrons. The molecule has 0 saturated carbocycles. The van der Waals surface area contributed by atoms with Crippen LogP contribution in [0.4, 0.5) is 0 Å². The van der Waals surface area contributed by atoms with Crippen LogP contribution in [0.5, 0.6) is 0 Å². The fourth-order valence-corrected chi connectivity index (χ4v) is 8.24. The van der Waals surface area contributed by atoms with Gasteiger partial charge in [0.25, 0.3) is 0 Å². The standard InChI is InChI=1S/C51H32N3O/c1-3-14-32(15-4-1)33-26-28-35(29-27-33)51-53-43-24-11-8-21-39(43)49(54-51)36-18-13-19-37(30-36)50-41-31-45-48(40-22-9-12-25-44(40)55-45)46(34-16-5-2-6-17-34)47(41)38-20-7-10-23-42(38)52-50/h1-31,51H/q-1. The van der Waals surface area contributed by atoms with E-state index in [1.54, 1.807) is 0 Å². The van der Waals surface area contributed by atoms with Crippen molar-refractivity contribution in [3.63, 3.8) is 0 Å². The Morgan fingerprint density at radius 2 is 1.11 bits per heavy atom. The molecule has 1 aliphatic rings. The highest BCUT2D eigenvalue weighted by molar-refractivity contribution is 6.27. The number of benzene rings is 8. The number of fused-ring (bicyclic) bond motifs is 7. The van der Waals surface area contributed by atoms with E-state index in [0.29, 0.717) is 0 Å². The minimum absolute atomic E-state index is 0.368. The molecule has 1 aliphatic heterocycles. The molecule has 1 unspecified atom stereocenters. The summed E-state index contributed by atoms with van der Waals surface area (Å²) in [5.74, 6) is 0. The molecule has 1 atom stereocenters. The summed E-state index contributed by atoms with van der Waals surface area (Å²) in [4.78, 5) is 10.5. The molecule has 0 bridgehead atoms. The van der Waals surface area contributed by atoms with E-state index in [1.165, 1.54) is 11.1 Å². The van der Waals surface area contributed by atoms with Gasteiger partial charge >= 0.3 is 0 Å². The van der Waals surface area contributed by atoms with Gasteiger partial charge in [-0.25, -0.2) is 4.98 Å². The third-order valence-electron chi connectivity index (χ3n) is 10.8. The van der Waals surface area contributed by atoms with E-state index < -0.39 is 0 Å². The van der Waals surface area contributed by atoms with Gasteiger partial charge in [0.2, 0.25) is 0 Å². The normalized spacial score (nSPS) is 13.9. The summed E-state index contributed by atoms with van der Waals surface area (Å²) in [6, 6.07) is 65.7. The van der Waals surface area contributed by atoms with Crippen LogP contribution in [0.1, 0.15) is 17.3 Å². The Morgan fingerprint density at radius 1 is 0.455 bits per heavy atom. The van der Waals surface area contributed by atoms with Crippen molar-refractivity contribution in [3.05, 3.63) is 215 Å². The highest BCUT2D eigenvalue weighted by Gasteiger charge is 2.22. The van der Waals surface area contributed by atoms with Crippen molar-refractivity contribution >= 4 is 49.3 Å². The minimum atomic E-state index is -0.368. The smallest absolute Gasteiger partial charge is 0.136 e. The Kier molecular flexibility index (Phi) is 7.20. The Hall–Kier alpha value is -7.30. The van der Waals surface area contributed by atoms with Gasteiger partial charge in [-0.1, -0.05) is 158 Å². The quantitative estimate of drug-likeness (QED) is 0.168. The molecule has 4 heteroatoms. The Bertz CT molecular complexity index is 3220. The second-order valence-corrected chi connectivity index (χ2v) is 14.1. The summed E-state index contributed by atoms with van der Waals surface area (Å²) in [7, 11) is 0. The van der Waals surface area contributed by atoms with Crippen molar-refractivity contribution in [2.75, 3.05) is 0 Å². The molecule has 55 heavy (non-hydrogen) atoms. The monoisotopic (exact) mass is 702 g/mol.